The Bertz CT molecular complexity index is 1260. The molecule has 2 aromatic carbocycles. The quantitative estimate of drug-likeness (QED) is 0.326. The highest BCUT2D eigenvalue weighted by atomic mass is 16.5. The summed E-state index contributed by atoms with van der Waals surface area (Å²) in [5.74, 6) is -0.364. The first-order chi connectivity index (χ1) is 16.5. The van der Waals surface area contributed by atoms with Crippen LogP contribution in [0.25, 0.3) is 5.76 Å². The maximum absolute atomic E-state index is 13.3. The number of benzene rings is 2. The Kier molecular flexibility index (Phi) is 6.49. The third kappa shape index (κ3) is 4.17. The van der Waals surface area contributed by atoms with Gasteiger partial charge >= 0.3 is 0 Å². The van der Waals surface area contributed by atoms with Crippen molar-refractivity contribution in [2.75, 3.05) is 21.3 Å². The minimum Gasteiger partial charge on any atom is -0.507 e. The fourth-order valence-electron chi connectivity index (χ4n) is 4.03. The smallest absolute Gasteiger partial charge is 0.295 e. The molecule has 0 spiro atoms. The number of ketones is 1. The summed E-state index contributed by atoms with van der Waals surface area (Å²) in [6, 6.07) is 14.4. The normalized spacial score (nSPS) is 17.0. The molecule has 1 saturated heterocycles. The first-order valence-electron chi connectivity index (χ1n) is 10.5. The molecule has 4 rings (SSSR count). The number of hydrogen-bond acceptors (Lipinski definition) is 7. The second-order valence-electron chi connectivity index (χ2n) is 7.63. The van der Waals surface area contributed by atoms with E-state index in [1.807, 2.05) is 6.07 Å². The van der Waals surface area contributed by atoms with Gasteiger partial charge in [-0.1, -0.05) is 18.2 Å². The lowest BCUT2D eigenvalue weighted by Crippen LogP contribution is -2.29. The van der Waals surface area contributed by atoms with Crippen molar-refractivity contribution in [3.05, 3.63) is 89.3 Å². The fraction of sp³-hybridized carbons (Fsp3) is 0.192. The number of aliphatic hydroxyl groups is 1. The number of likely N-dealkylation sites (tertiary alicyclic amines) is 1. The summed E-state index contributed by atoms with van der Waals surface area (Å²) in [5, 5.41) is 11.3. The molecule has 0 bridgehead atoms. The third-order valence-electron chi connectivity index (χ3n) is 5.69. The molecule has 1 aromatic heterocycles. The van der Waals surface area contributed by atoms with Crippen molar-refractivity contribution in [1.29, 1.82) is 0 Å². The molecule has 3 aromatic rings. The van der Waals surface area contributed by atoms with Crippen molar-refractivity contribution in [2.24, 2.45) is 0 Å². The molecular formula is C26H24N2O6. The molecule has 1 aliphatic heterocycles. The number of carbonyl (C=O) groups is 2. The molecule has 8 heteroatoms. The Morgan fingerprint density at radius 2 is 1.74 bits per heavy atom. The van der Waals surface area contributed by atoms with Gasteiger partial charge in [-0.25, -0.2) is 0 Å². The number of Topliss-reactive ketones (excluding diaryl/α,β-unsaturated/α-hetero) is 1. The van der Waals surface area contributed by atoms with Crippen molar-refractivity contribution in [3.63, 3.8) is 0 Å². The van der Waals surface area contributed by atoms with Gasteiger partial charge in [0, 0.05) is 30.1 Å². The Hall–Kier alpha value is -4.33. The zero-order valence-corrected chi connectivity index (χ0v) is 19.0. The number of pyridine rings is 1. The highest BCUT2D eigenvalue weighted by molar-refractivity contribution is 6.46. The van der Waals surface area contributed by atoms with Gasteiger partial charge in [0.15, 0.2) is 0 Å². The van der Waals surface area contributed by atoms with E-state index in [4.69, 9.17) is 14.2 Å². The van der Waals surface area contributed by atoms with Gasteiger partial charge in [0.05, 0.1) is 32.9 Å². The molecule has 174 valence electrons. The van der Waals surface area contributed by atoms with Gasteiger partial charge in [-0.2, -0.15) is 0 Å². The predicted octanol–water partition coefficient (Wildman–Crippen LogP) is 3.73. The number of nitrogens with zero attached hydrogens (tertiary/aromatic N) is 2. The molecule has 34 heavy (non-hydrogen) atoms. The lowest BCUT2D eigenvalue weighted by molar-refractivity contribution is -0.140. The van der Waals surface area contributed by atoms with Crippen LogP contribution in [0, 0.1) is 0 Å². The lowest BCUT2D eigenvalue weighted by atomic mass is 9.94. The summed E-state index contributed by atoms with van der Waals surface area (Å²) >= 11 is 0. The minimum absolute atomic E-state index is 0.0475. The second-order valence-corrected chi connectivity index (χ2v) is 7.63. The van der Waals surface area contributed by atoms with E-state index >= 15 is 0 Å². The summed E-state index contributed by atoms with van der Waals surface area (Å²) in [6.07, 6.45) is 3.25. The van der Waals surface area contributed by atoms with Gasteiger partial charge in [0.2, 0.25) is 0 Å². The summed E-state index contributed by atoms with van der Waals surface area (Å²) in [6.45, 7) is 0.109. The van der Waals surface area contributed by atoms with Crippen molar-refractivity contribution < 1.29 is 28.9 Å². The number of amides is 1. The molecule has 0 saturated carbocycles. The molecular weight excluding hydrogens is 436 g/mol. The van der Waals surface area contributed by atoms with E-state index in [0.29, 0.717) is 28.4 Å². The molecule has 1 fully saturated rings. The topological polar surface area (TPSA) is 98.2 Å². The monoisotopic (exact) mass is 460 g/mol. The second kappa shape index (κ2) is 9.66. The number of methoxy groups -OCH3 is 3. The van der Waals surface area contributed by atoms with Crippen LogP contribution in [0.5, 0.6) is 17.2 Å². The fourth-order valence-corrected chi connectivity index (χ4v) is 4.03. The molecule has 8 nitrogen and oxygen atoms in total. The summed E-state index contributed by atoms with van der Waals surface area (Å²) < 4.78 is 16.2. The number of aliphatic hydroxyl groups excluding tert-OH is 1. The van der Waals surface area contributed by atoms with Gasteiger partial charge in [0.25, 0.3) is 11.7 Å². The van der Waals surface area contributed by atoms with Gasteiger partial charge in [-0.15, -0.1) is 0 Å². The predicted molar refractivity (Wildman–Crippen MR) is 125 cm³/mol. The van der Waals surface area contributed by atoms with Crippen LogP contribution in [0.2, 0.25) is 0 Å². The van der Waals surface area contributed by atoms with Crippen molar-refractivity contribution in [2.45, 2.75) is 12.6 Å². The molecule has 0 unspecified atom stereocenters. The van der Waals surface area contributed by atoms with E-state index in [9.17, 15) is 14.7 Å². The van der Waals surface area contributed by atoms with E-state index < -0.39 is 17.7 Å². The van der Waals surface area contributed by atoms with E-state index in [0.717, 1.165) is 5.56 Å². The van der Waals surface area contributed by atoms with Crippen LogP contribution in [0.1, 0.15) is 22.7 Å². The molecule has 2 heterocycles. The van der Waals surface area contributed by atoms with Crippen LogP contribution < -0.4 is 14.2 Å². The molecule has 1 atom stereocenters. The molecule has 1 N–H and O–H groups in total. The lowest BCUT2D eigenvalue weighted by Gasteiger charge is -2.27. The largest absolute Gasteiger partial charge is 0.507 e. The van der Waals surface area contributed by atoms with Gasteiger partial charge in [-0.3, -0.25) is 14.6 Å². The van der Waals surface area contributed by atoms with Gasteiger partial charge < -0.3 is 24.2 Å². The summed E-state index contributed by atoms with van der Waals surface area (Å²) in [7, 11) is 4.53. The molecule has 1 aliphatic rings. The first-order valence-corrected chi connectivity index (χ1v) is 10.5. The van der Waals surface area contributed by atoms with Crippen LogP contribution in [-0.4, -0.2) is 48.0 Å². The first kappa shape index (κ1) is 22.8. The molecule has 1 amide bonds. The van der Waals surface area contributed by atoms with Gasteiger partial charge in [-0.05, 0) is 42.0 Å². The van der Waals surface area contributed by atoms with Crippen molar-refractivity contribution in [3.8, 4) is 17.2 Å². The Morgan fingerprint density at radius 1 is 0.971 bits per heavy atom. The Balaban J connectivity index is 1.94. The van der Waals surface area contributed by atoms with Crippen LogP contribution >= 0.6 is 0 Å². The standard InChI is InChI=1S/C26H24N2O6/c1-32-18-8-4-7-17(12-18)24(29)22-23(20-13-19(33-2)9-10-21(20)34-3)28(26(31)25(22)30)15-16-6-5-11-27-14-16/h4-14,23,29H,15H2,1-3H3/t23-/m1/s1. The molecule has 0 aliphatic carbocycles. The number of hydrogen-bond donors (Lipinski definition) is 1. The minimum atomic E-state index is -0.920. The highest BCUT2D eigenvalue weighted by Crippen LogP contribution is 2.44. The zero-order valence-electron chi connectivity index (χ0n) is 19.0. The van der Waals surface area contributed by atoms with Crippen LogP contribution in [0.15, 0.2) is 72.6 Å². The number of carbonyl (C=O) groups excluding carboxylic acids is 2. The number of rotatable bonds is 7. The summed E-state index contributed by atoms with van der Waals surface area (Å²) in [5.41, 5.74) is 1.55. The van der Waals surface area contributed by atoms with Crippen molar-refractivity contribution in [1.82, 2.24) is 9.88 Å². The maximum Gasteiger partial charge on any atom is 0.295 e. The Morgan fingerprint density at radius 3 is 2.41 bits per heavy atom. The number of ether oxygens (including phenoxy) is 3. The number of aromatic nitrogens is 1. The molecule has 0 radical (unpaired) electrons. The van der Waals surface area contributed by atoms with E-state index in [1.54, 1.807) is 60.9 Å². The Labute approximate surface area is 197 Å². The zero-order chi connectivity index (χ0) is 24.2. The van der Waals surface area contributed by atoms with E-state index in [1.165, 1.54) is 26.2 Å². The average molecular weight is 460 g/mol. The maximum atomic E-state index is 13.3. The van der Waals surface area contributed by atoms with Crippen LogP contribution in [0.4, 0.5) is 0 Å². The van der Waals surface area contributed by atoms with Crippen molar-refractivity contribution >= 4 is 17.4 Å². The van der Waals surface area contributed by atoms with Gasteiger partial charge in [0.1, 0.15) is 23.0 Å². The SMILES string of the molecule is COc1cccc(C(O)=C2C(=O)C(=O)N(Cc3cccnc3)[C@@H]2c2cc(OC)ccc2OC)c1. The van der Waals surface area contributed by atoms with Crippen LogP contribution in [-0.2, 0) is 16.1 Å². The van der Waals surface area contributed by atoms with Crippen LogP contribution in [0.3, 0.4) is 0 Å². The average Bonchev–Trinajstić information content (AvgIpc) is 3.13. The highest BCUT2D eigenvalue weighted by Gasteiger charge is 2.47. The third-order valence-corrected chi connectivity index (χ3v) is 5.69. The van der Waals surface area contributed by atoms with E-state index in [2.05, 4.69) is 4.98 Å². The summed E-state index contributed by atoms with van der Waals surface area (Å²) in [4.78, 5) is 32.0. The van der Waals surface area contributed by atoms with E-state index in [-0.39, 0.29) is 17.9 Å².